The van der Waals surface area contributed by atoms with Gasteiger partial charge in [0.1, 0.15) is 0 Å². The zero-order chi connectivity index (χ0) is 15.5. The van der Waals surface area contributed by atoms with E-state index in [0.717, 1.165) is 17.8 Å². The Bertz CT molecular complexity index is 462. The Hall–Kier alpha value is -0.980. The predicted molar refractivity (Wildman–Crippen MR) is 95.5 cm³/mol. The minimum Gasteiger partial charge on any atom is -0.384 e. The summed E-state index contributed by atoms with van der Waals surface area (Å²) in [4.78, 5) is 0. The molecule has 1 saturated carbocycles. The molecule has 0 radical (unpaired) electrons. The van der Waals surface area contributed by atoms with Crippen LogP contribution in [-0.4, -0.2) is 6.04 Å². The summed E-state index contributed by atoms with van der Waals surface area (Å²) < 4.78 is 0. The molecular weight excluding hydrogens is 266 g/mol. The third-order valence-corrected chi connectivity index (χ3v) is 6.08. The maximum Gasteiger partial charge on any atom is 0.0513 e. The number of fused-ring (bicyclic) bond motifs is 1. The SMILES string of the molecule is CCC/C=C\C1=CN[C@H]2C=C(C3CCC(C)CC3)C[C@@H](C)C12. The van der Waals surface area contributed by atoms with Crippen LogP contribution in [0.15, 0.2) is 35.6 Å². The van der Waals surface area contributed by atoms with Crippen molar-refractivity contribution in [2.75, 3.05) is 0 Å². The van der Waals surface area contributed by atoms with Gasteiger partial charge < -0.3 is 5.32 Å². The second kappa shape index (κ2) is 7.06. The lowest BCUT2D eigenvalue weighted by atomic mass is 9.69. The second-order valence-corrected chi connectivity index (χ2v) is 7.93. The molecule has 22 heavy (non-hydrogen) atoms. The summed E-state index contributed by atoms with van der Waals surface area (Å²) in [7, 11) is 0. The van der Waals surface area contributed by atoms with Crippen LogP contribution in [0.2, 0.25) is 0 Å². The molecule has 1 fully saturated rings. The van der Waals surface area contributed by atoms with Gasteiger partial charge in [-0.05, 0) is 49.0 Å². The molecular formula is C21H33N. The Labute approximate surface area is 137 Å². The summed E-state index contributed by atoms with van der Waals surface area (Å²) in [6, 6.07) is 0.555. The number of hydrogen-bond acceptors (Lipinski definition) is 1. The highest BCUT2D eigenvalue weighted by Gasteiger charge is 2.37. The summed E-state index contributed by atoms with van der Waals surface area (Å²) in [5.74, 6) is 3.30. The van der Waals surface area contributed by atoms with E-state index in [-0.39, 0.29) is 0 Å². The van der Waals surface area contributed by atoms with Gasteiger partial charge in [-0.1, -0.05) is 63.8 Å². The number of nitrogens with one attached hydrogen (secondary N) is 1. The van der Waals surface area contributed by atoms with Crippen LogP contribution >= 0.6 is 0 Å². The van der Waals surface area contributed by atoms with Crippen molar-refractivity contribution in [3.05, 3.63) is 35.6 Å². The topological polar surface area (TPSA) is 12.0 Å². The lowest BCUT2D eigenvalue weighted by Gasteiger charge is -2.37. The van der Waals surface area contributed by atoms with Gasteiger partial charge in [-0.2, -0.15) is 0 Å². The first kappa shape index (κ1) is 15.9. The monoisotopic (exact) mass is 299 g/mol. The van der Waals surface area contributed by atoms with Gasteiger partial charge in [0.2, 0.25) is 0 Å². The first-order valence-corrected chi connectivity index (χ1v) is 9.52. The van der Waals surface area contributed by atoms with E-state index >= 15 is 0 Å². The fraction of sp³-hybridized carbons (Fsp3) is 0.714. The lowest BCUT2D eigenvalue weighted by molar-refractivity contribution is 0.284. The standard InChI is InChI=1S/C21H33N/c1-4-5-6-7-18-14-22-20-13-19(12-16(3)21(18)20)17-10-8-15(2)9-11-17/h6-7,13-17,20-22H,4-5,8-12H2,1-3H3/b7-6-/t15?,16-,17?,20+,21?/m1/s1. The Morgan fingerprint density at radius 3 is 2.68 bits per heavy atom. The van der Waals surface area contributed by atoms with E-state index in [1.807, 2.05) is 0 Å². The summed E-state index contributed by atoms with van der Waals surface area (Å²) in [5.41, 5.74) is 3.29. The van der Waals surface area contributed by atoms with Crippen LogP contribution in [0.5, 0.6) is 0 Å². The summed E-state index contributed by atoms with van der Waals surface area (Å²) in [6.07, 6.45) is 19.1. The minimum absolute atomic E-state index is 0.555. The maximum absolute atomic E-state index is 3.65. The molecule has 0 spiro atoms. The largest absolute Gasteiger partial charge is 0.384 e. The molecule has 0 aromatic heterocycles. The molecule has 1 N–H and O–H groups in total. The Kier molecular flexibility index (Phi) is 5.10. The van der Waals surface area contributed by atoms with E-state index in [1.54, 1.807) is 5.57 Å². The van der Waals surface area contributed by atoms with Crippen LogP contribution in [0.3, 0.4) is 0 Å². The van der Waals surface area contributed by atoms with E-state index in [4.69, 9.17) is 0 Å². The molecule has 1 aliphatic heterocycles. The van der Waals surface area contributed by atoms with Crippen molar-refractivity contribution < 1.29 is 0 Å². The molecule has 3 aliphatic rings. The fourth-order valence-electron chi connectivity index (χ4n) is 4.71. The highest BCUT2D eigenvalue weighted by Crippen LogP contribution is 2.43. The molecule has 0 aromatic carbocycles. The quantitative estimate of drug-likeness (QED) is 0.666. The summed E-state index contributed by atoms with van der Waals surface area (Å²) in [5, 5.41) is 3.65. The van der Waals surface area contributed by atoms with Crippen molar-refractivity contribution in [3.63, 3.8) is 0 Å². The van der Waals surface area contributed by atoms with Gasteiger partial charge in [0.05, 0.1) is 6.04 Å². The van der Waals surface area contributed by atoms with Crippen molar-refractivity contribution in [1.29, 1.82) is 0 Å². The lowest BCUT2D eigenvalue weighted by Crippen LogP contribution is -2.35. The highest BCUT2D eigenvalue weighted by atomic mass is 14.9. The number of rotatable bonds is 4. The molecule has 3 rings (SSSR count). The average molecular weight is 300 g/mol. The van der Waals surface area contributed by atoms with Crippen LogP contribution in [0.1, 0.15) is 65.7 Å². The van der Waals surface area contributed by atoms with Crippen molar-refractivity contribution >= 4 is 0 Å². The van der Waals surface area contributed by atoms with Gasteiger partial charge >= 0.3 is 0 Å². The number of allylic oxidation sites excluding steroid dienone is 3. The highest BCUT2D eigenvalue weighted by molar-refractivity contribution is 5.34. The van der Waals surface area contributed by atoms with Gasteiger partial charge in [0.25, 0.3) is 0 Å². The maximum atomic E-state index is 3.65. The third kappa shape index (κ3) is 3.34. The normalized spacial score (nSPS) is 38.4. The van der Waals surface area contributed by atoms with Gasteiger partial charge in [-0.15, -0.1) is 0 Å². The fourth-order valence-corrected chi connectivity index (χ4v) is 4.71. The summed E-state index contributed by atoms with van der Waals surface area (Å²) >= 11 is 0. The Morgan fingerprint density at radius 1 is 1.18 bits per heavy atom. The van der Waals surface area contributed by atoms with Crippen LogP contribution < -0.4 is 5.32 Å². The molecule has 0 aromatic rings. The number of hydrogen-bond donors (Lipinski definition) is 1. The van der Waals surface area contributed by atoms with Crippen molar-refractivity contribution in [1.82, 2.24) is 5.32 Å². The molecule has 122 valence electrons. The van der Waals surface area contributed by atoms with Gasteiger partial charge in [-0.3, -0.25) is 0 Å². The van der Waals surface area contributed by atoms with Crippen LogP contribution in [0.4, 0.5) is 0 Å². The van der Waals surface area contributed by atoms with E-state index in [0.29, 0.717) is 12.0 Å². The molecule has 0 amide bonds. The zero-order valence-corrected chi connectivity index (χ0v) is 14.6. The number of unbranched alkanes of at least 4 members (excludes halogenated alkanes) is 1. The zero-order valence-electron chi connectivity index (χ0n) is 14.6. The molecule has 3 atom stereocenters. The average Bonchev–Trinajstić information content (AvgIpc) is 2.92. The smallest absolute Gasteiger partial charge is 0.0513 e. The molecule has 0 saturated heterocycles. The van der Waals surface area contributed by atoms with E-state index < -0.39 is 0 Å². The third-order valence-electron chi connectivity index (χ3n) is 6.08. The predicted octanol–water partition coefficient (Wildman–Crippen LogP) is 5.61. The molecule has 0 bridgehead atoms. The summed E-state index contributed by atoms with van der Waals surface area (Å²) in [6.45, 7) is 7.13. The van der Waals surface area contributed by atoms with Crippen molar-refractivity contribution in [2.45, 2.75) is 71.8 Å². The van der Waals surface area contributed by atoms with E-state index in [9.17, 15) is 0 Å². The van der Waals surface area contributed by atoms with Gasteiger partial charge in [0, 0.05) is 12.1 Å². The minimum atomic E-state index is 0.555. The molecule has 1 heteroatoms. The van der Waals surface area contributed by atoms with Crippen LogP contribution in [0, 0.1) is 23.7 Å². The molecule has 2 aliphatic carbocycles. The molecule has 1 unspecified atom stereocenters. The second-order valence-electron chi connectivity index (χ2n) is 7.93. The van der Waals surface area contributed by atoms with Crippen LogP contribution in [-0.2, 0) is 0 Å². The molecule has 1 nitrogen and oxygen atoms in total. The van der Waals surface area contributed by atoms with E-state index in [2.05, 4.69) is 50.5 Å². The molecule has 1 heterocycles. The van der Waals surface area contributed by atoms with Crippen molar-refractivity contribution in [2.24, 2.45) is 23.7 Å². The first-order valence-electron chi connectivity index (χ1n) is 9.52. The van der Waals surface area contributed by atoms with E-state index in [1.165, 1.54) is 50.5 Å². The van der Waals surface area contributed by atoms with Gasteiger partial charge in [-0.25, -0.2) is 0 Å². The van der Waals surface area contributed by atoms with Gasteiger partial charge in [0.15, 0.2) is 0 Å². The van der Waals surface area contributed by atoms with Crippen LogP contribution in [0.25, 0.3) is 0 Å². The first-order chi connectivity index (χ1) is 10.7. The Morgan fingerprint density at radius 2 is 1.95 bits per heavy atom. The Balaban J connectivity index is 1.67. The van der Waals surface area contributed by atoms with Crippen molar-refractivity contribution in [3.8, 4) is 0 Å².